The van der Waals surface area contributed by atoms with Gasteiger partial charge in [0.15, 0.2) is 0 Å². The molecule has 0 amide bonds. The highest BCUT2D eigenvalue weighted by Gasteiger charge is 2.27. The molecule has 2 aromatic rings. The van der Waals surface area contributed by atoms with E-state index in [1.54, 1.807) is 13.1 Å². The topological polar surface area (TPSA) is 57.4 Å². The first kappa shape index (κ1) is 16.7. The maximum atomic E-state index is 14.4. The van der Waals surface area contributed by atoms with Crippen molar-refractivity contribution in [2.75, 3.05) is 6.61 Å². The predicted octanol–water partition coefficient (Wildman–Crippen LogP) is 4.05. The van der Waals surface area contributed by atoms with Crippen molar-refractivity contribution in [3.8, 4) is 22.6 Å². The maximum Gasteiger partial charge on any atom is 0.143 e. The van der Waals surface area contributed by atoms with Gasteiger partial charge in [0.25, 0.3) is 0 Å². The summed E-state index contributed by atoms with van der Waals surface area (Å²) in [6.45, 7) is 5.25. The Morgan fingerprint density at radius 3 is 2.92 bits per heavy atom. The van der Waals surface area contributed by atoms with E-state index in [4.69, 9.17) is 15.2 Å². The molecule has 0 bridgehead atoms. The number of rotatable bonds is 5. The highest BCUT2D eigenvalue weighted by atomic mass is 19.1. The van der Waals surface area contributed by atoms with Crippen LogP contribution in [0.5, 0.6) is 11.5 Å². The Bertz CT molecular complexity index is 731. The Hall–Kier alpha value is -2.14. The average molecular weight is 330 g/mol. The van der Waals surface area contributed by atoms with E-state index in [1.165, 1.54) is 6.92 Å². The smallest absolute Gasteiger partial charge is 0.143 e. The summed E-state index contributed by atoms with van der Waals surface area (Å²) in [6.07, 6.45) is 3.77. The van der Waals surface area contributed by atoms with Crippen LogP contribution < -0.4 is 15.2 Å². The molecule has 2 heterocycles. The van der Waals surface area contributed by atoms with E-state index in [1.807, 2.05) is 37.4 Å². The Labute approximate surface area is 141 Å². The van der Waals surface area contributed by atoms with Gasteiger partial charge >= 0.3 is 0 Å². The molecular formula is C19H23FN2O2. The lowest BCUT2D eigenvalue weighted by Crippen LogP contribution is -2.34. The van der Waals surface area contributed by atoms with Gasteiger partial charge in [0, 0.05) is 35.6 Å². The normalized spacial score (nSPS) is 19.5. The second-order valence-electron chi connectivity index (χ2n) is 6.76. The third-order valence-corrected chi connectivity index (χ3v) is 4.12. The fourth-order valence-electron chi connectivity index (χ4n) is 3.11. The van der Waals surface area contributed by atoms with Gasteiger partial charge in [-0.3, -0.25) is 4.98 Å². The highest BCUT2D eigenvalue weighted by Crippen LogP contribution is 2.43. The van der Waals surface area contributed by atoms with Crippen molar-refractivity contribution in [2.45, 2.75) is 45.0 Å². The molecule has 5 heteroatoms. The molecule has 3 rings (SSSR count). The molecule has 0 aliphatic carbocycles. The van der Waals surface area contributed by atoms with Crippen molar-refractivity contribution in [3.05, 3.63) is 42.2 Å². The molecule has 0 spiro atoms. The zero-order valence-corrected chi connectivity index (χ0v) is 14.3. The zero-order chi connectivity index (χ0) is 17.3. The standard InChI is InChI=1S/C19H23FN2O2/c1-12(21)9-19(3,20)11-23-14-4-5-16-15-6-7-22-10-17(15)13(2)24-18(16)8-14/h4-8,10,12-13H,9,11,21H2,1-3H3. The first-order valence-corrected chi connectivity index (χ1v) is 8.18. The Kier molecular flexibility index (Phi) is 4.45. The third kappa shape index (κ3) is 3.51. The van der Waals surface area contributed by atoms with Crippen LogP contribution in [0.2, 0.25) is 0 Å². The Morgan fingerprint density at radius 1 is 1.38 bits per heavy atom. The van der Waals surface area contributed by atoms with Gasteiger partial charge in [-0.15, -0.1) is 0 Å². The average Bonchev–Trinajstić information content (AvgIpc) is 2.52. The number of pyridine rings is 1. The molecular weight excluding hydrogens is 307 g/mol. The van der Waals surface area contributed by atoms with E-state index >= 15 is 0 Å². The number of halogens is 1. The number of fused-ring (bicyclic) bond motifs is 3. The first-order chi connectivity index (χ1) is 11.4. The predicted molar refractivity (Wildman–Crippen MR) is 92.0 cm³/mol. The van der Waals surface area contributed by atoms with Crippen LogP contribution in [0.4, 0.5) is 4.39 Å². The lowest BCUT2D eigenvalue weighted by molar-refractivity contribution is 0.0877. The van der Waals surface area contributed by atoms with Crippen LogP contribution in [-0.4, -0.2) is 23.3 Å². The summed E-state index contributed by atoms with van der Waals surface area (Å²) in [7, 11) is 0. The van der Waals surface area contributed by atoms with Crippen LogP contribution in [0.15, 0.2) is 36.7 Å². The molecule has 1 aromatic carbocycles. The van der Waals surface area contributed by atoms with Crippen molar-refractivity contribution < 1.29 is 13.9 Å². The van der Waals surface area contributed by atoms with Gasteiger partial charge in [0.1, 0.15) is 29.9 Å². The minimum Gasteiger partial charge on any atom is -0.490 e. The molecule has 0 fully saturated rings. The van der Waals surface area contributed by atoms with Gasteiger partial charge in [-0.2, -0.15) is 0 Å². The monoisotopic (exact) mass is 330 g/mol. The van der Waals surface area contributed by atoms with Crippen molar-refractivity contribution in [1.29, 1.82) is 0 Å². The van der Waals surface area contributed by atoms with Crippen molar-refractivity contribution in [2.24, 2.45) is 5.73 Å². The van der Waals surface area contributed by atoms with Gasteiger partial charge in [-0.05, 0) is 51.0 Å². The summed E-state index contributed by atoms with van der Waals surface area (Å²) in [5, 5.41) is 0. The number of hydrogen-bond donors (Lipinski definition) is 1. The van der Waals surface area contributed by atoms with Crippen LogP contribution in [0.1, 0.15) is 38.9 Å². The first-order valence-electron chi connectivity index (χ1n) is 8.18. The molecule has 3 atom stereocenters. The molecule has 0 saturated carbocycles. The lowest BCUT2D eigenvalue weighted by atomic mass is 9.95. The van der Waals surface area contributed by atoms with Gasteiger partial charge in [0.2, 0.25) is 0 Å². The van der Waals surface area contributed by atoms with E-state index in [0.29, 0.717) is 5.75 Å². The molecule has 24 heavy (non-hydrogen) atoms. The summed E-state index contributed by atoms with van der Waals surface area (Å²) in [4.78, 5) is 4.16. The van der Waals surface area contributed by atoms with Crippen LogP contribution in [-0.2, 0) is 0 Å². The Balaban J connectivity index is 1.80. The molecule has 1 aromatic heterocycles. The number of benzene rings is 1. The van der Waals surface area contributed by atoms with E-state index < -0.39 is 5.67 Å². The highest BCUT2D eigenvalue weighted by molar-refractivity contribution is 5.76. The van der Waals surface area contributed by atoms with Gasteiger partial charge < -0.3 is 15.2 Å². The minimum absolute atomic E-state index is 0.0383. The van der Waals surface area contributed by atoms with Crippen LogP contribution in [0.3, 0.4) is 0 Å². The summed E-state index contributed by atoms with van der Waals surface area (Å²) in [5.74, 6) is 1.33. The van der Waals surface area contributed by atoms with Crippen molar-refractivity contribution >= 4 is 0 Å². The molecule has 1 aliphatic heterocycles. The maximum absolute atomic E-state index is 14.4. The second-order valence-corrected chi connectivity index (χ2v) is 6.76. The number of hydrogen-bond acceptors (Lipinski definition) is 4. The second kappa shape index (κ2) is 6.40. The lowest BCUT2D eigenvalue weighted by Gasteiger charge is -2.27. The van der Waals surface area contributed by atoms with Crippen LogP contribution >= 0.6 is 0 Å². The summed E-state index contributed by atoms with van der Waals surface area (Å²) >= 11 is 0. The minimum atomic E-state index is -1.46. The van der Waals surface area contributed by atoms with Crippen molar-refractivity contribution in [3.63, 3.8) is 0 Å². The van der Waals surface area contributed by atoms with Crippen LogP contribution in [0.25, 0.3) is 11.1 Å². The summed E-state index contributed by atoms with van der Waals surface area (Å²) in [6, 6.07) is 7.37. The van der Waals surface area contributed by atoms with E-state index in [0.717, 1.165) is 22.4 Å². The van der Waals surface area contributed by atoms with Crippen molar-refractivity contribution in [1.82, 2.24) is 4.98 Å². The fraction of sp³-hybridized carbons (Fsp3) is 0.421. The Morgan fingerprint density at radius 2 is 2.17 bits per heavy atom. The largest absolute Gasteiger partial charge is 0.490 e. The van der Waals surface area contributed by atoms with Crippen LogP contribution in [0, 0.1) is 0 Å². The molecule has 1 aliphatic rings. The number of ether oxygens (including phenoxy) is 2. The zero-order valence-electron chi connectivity index (χ0n) is 14.3. The summed E-state index contributed by atoms with van der Waals surface area (Å²) in [5.41, 5.74) is 7.38. The quantitative estimate of drug-likeness (QED) is 0.898. The summed E-state index contributed by atoms with van der Waals surface area (Å²) < 4.78 is 26.0. The SMILES string of the molecule is CC(N)CC(C)(F)COc1ccc2c(c1)OC(C)c1cnccc1-2. The molecule has 2 N–H and O–H groups in total. The fourth-order valence-corrected chi connectivity index (χ4v) is 3.11. The van der Waals surface area contributed by atoms with E-state index in [-0.39, 0.29) is 25.2 Å². The van der Waals surface area contributed by atoms with Gasteiger partial charge in [-0.1, -0.05) is 0 Å². The number of aromatic nitrogens is 1. The molecule has 128 valence electrons. The van der Waals surface area contributed by atoms with E-state index in [9.17, 15) is 4.39 Å². The molecule has 0 radical (unpaired) electrons. The molecule has 0 saturated heterocycles. The number of nitrogens with zero attached hydrogens (tertiary/aromatic N) is 1. The number of nitrogens with two attached hydrogens (primary N) is 1. The third-order valence-electron chi connectivity index (χ3n) is 4.12. The molecule has 4 nitrogen and oxygen atoms in total. The number of alkyl halides is 1. The van der Waals surface area contributed by atoms with E-state index in [2.05, 4.69) is 4.98 Å². The van der Waals surface area contributed by atoms with Gasteiger partial charge in [0.05, 0.1) is 0 Å². The van der Waals surface area contributed by atoms with Gasteiger partial charge in [-0.25, -0.2) is 4.39 Å². The molecule has 3 unspecified atom stereocenters.